The van der Waals surface area contributed by atoms with Crippen LogP contribution in [-0.2, 0) is 9.59 Å². The molecule has 0 radical (unpaired) electrons. The predicted molar refractivity (Wildman–Crippen MR) is 73.5 cm³/mol. The Morgan fingerprint density at radius 2 is 1.28 bits per heavy atom. The molecule has 0 spiro atoms. The summed E-state index contributed by atoms with van der Waals surface area (Å²) in [7, 11) is 0. The number of nitrogens with one attached hydrogen (secondary N) is 2. The van der Waals surface area contributed by atoms with Gasteiger partial charge in [0.1, 0.15) is 12.1 Å². The molecule has 104 valence electrons. The van der Waals surface area contributed by atoms with Gasteiger partial charge in [-0.3, -0.25) is 9.59 Å². The molecule has 0 amide bonds. The van der Waals surface area contributed by atoms with Gasteiger partial charge in [-0.25, -0.2) is 0 Å². The number of aliphatic carboxylic acids is 2. The van der Waals surface area contributed by atoms with Gasteiger partial charge in [-0.1, -0.05) is 0 Å². The van der Waals surface area contributed by atoms with Crippen LogP contribution in [0.25, 0.3) is 0 Å². The lowest BCUT2D eigenvalue weighted by Crippen LogP contribution is -2.46. The fraction of sp³-hybridized carbons (Fsp3) is 0.800. The molecule has 1 heterocycles. The molecular formula is C10H18N2O4S2. The molecule has 4 N–H and O–H groups in total. The van der Waals surface area contributed by atoms with Gasteiger partial charge in [-0.2, -0.15) is 23.5 Å². The normalized spacial score (nSPS) is 27.8. The van der Waals surface area contributed by atoms with Gasteiger partial charge in [0.15, 0.2) is 0 Å². The zero-order valence-corrected chi connectivity index (χ0v) is 11.6. The summed E-state index contributed by atoms with van der Waals surface area (Å²) in [6.07, 6.45) is 0. The molecule has 2 atom stereocenters. The zero-order chi connectivity index (χ0) is 13.4. The van der Waals surface area contributed by atoms with Crippen LogP contribution in [0.15, 0.2) is 0 Å². The second kappa shape index (κ2) is 8.63. The first-order chi connectivity index (χ1) is 8.61. The van der Waals surface area contributed by atoms with Crippen LogP contribution in [0, 0.1) is 0 Å². The van der Waals surface area contributed by atoms with E-state index in [1.807, 2.05) is 0 Å². The van der Waals surface area contributed by atoms with Crippen molar-refractivity contribution in [1.29, 1.82) is 0 Å². The Morgan fingerprint density at radius 1 is 0.889 bits per heavy atom. The second-order valence-corrected chi connectivity index (χ2v) is 6.14. The topological polar surface area (TPSA) is 98.7 Å². The molecule has 1 rings (SSSR count). The van der Waals surface area contributed by atoms with Crippen molar-refractivity contribution in [3.63, 3.8) is 0 Å². The van der Waals surface area contributed by atoms with Gasteiger partial charge in [-0.05, 0) is 0 Å². The largest absolute Gasteiger partial charge is 0.480 e. The molecule has 1 aliphatic heterocycles. The zero-order valence-electron chi connectivity index (χ0n) is 9.92. The minimum absolute atomic E-state index is 0.450. The van der Waals surface area contributed by atoms with E-state index in [1.165, 1.54) is 0 Å². The maximum atomic E-state index is 10.9. The Hall–Kier alpha value is -0.440. The summed E-state index contributed by atoms with van der Waals surface area (Å²) in [5.74, 6) is 1.03. The fourth-order valence-electron chi connectivity index (χ4n) is 1.45. The molecule has 2 unspecified atom stereocenters. The molecule has 0 aliphatic carbocycles. The molecular weight excluding hydrogens is 276 g/mol. The third-order valence-corrected chi connectivity index (χ3v) is 4.83. The lowest BCUT2D eigenvalue weighted by molar-refractivity contribution is -0.140. The van der Waals surface area contributed by atoms with Crippen LogP contribution in [-0.4, -0.2) is 70.3 Å². The van der Waals surface area contributed by atoms with Gasteiger partial charge in [0.2, 0.25) is 0 Å². The van der Waals surface area contributed by atoms with Gasteiger partial charge >= 0.3 is 11.9 Å². The van der Waals surface area contributed by atoms with E-state index in [4.69, 9.17) is 10.2 Å². The maximum absolute atomic E-state index is 10.9. The molecule has 6 nitrogen and oxygen atoms in total. The molecule has 1 aliphatic rings. The first kappa shape index (κ1) is 15.6. The third kappa shape index (κ3) is 5.94. The van der Waals surface area contributed by atoms with Gasteiger partial charge in [0.05, 0.1) is 0 Å². The number of hydrogen-bond donors (Lipinski definition) is 4. The Bertz CT molecular complexity index is 263. The van der Waals surface area contributed by atoms with Gasteiger partial charge < -0.3 is 20.8 Å². The summed E-state index contributed by atoms with van der Waals surface area (Å²) in [4.78, 5) is 21.9. The van der Waals surface area contributed by atoms with E-state index in [0.717, 1.165) is 11.5 Å². The average molecular weight is 294 g/mol. The minimum Gasteiger partial charge on any atom is -0.480 e. The van der Waals surface area contributed by atoms with E-state index in [-0.39, 0.29) is 0 Å². The molecule has 0 aromatic carbocycles. The predicted octanol–water partition coefficient (Wildman–Crippen LogP) is -0.448. The summed E-state index contributed by atoms with van der Waals surface area (Å²) in [6.45, 7) is 0.901. The van der Waals surface area contributed by atoms with E-state index in [9.17, 15) is 9.59 Å². The summed E-state index contributed by atoms with van der Waals surface area (Å²) in [5.41, 5.74) is 0. The monoisotopic (exact) mass is 294 g/mol. The first-order valence-corrected chi connectivity index (χ1v) is 8.00. The lowest BCUT2D eigenvalue weighted by Gasteiger charge is -2.18. The second-order valence-electron chi connectivity index (χ2n) is 3.84. The van der Waals surface area contributed by atoms with Crippen molar-refractivity contribution in [2.45, 2.75) is 12.1 Å². The number of carboxylic acid groups (broad SMARTS) is 2. The maximum Gasteiger partial charge on any atom is 0.321 e. The number of carbonyl (C=O) groups is 2. The Labute approximate surface area is 114 Å². The quantitative estimate of drug-likeness (QED) is 0.544. The van der Waals surface area contributed by atoms with Crippen molar-refractivity contribution >= 4 is 35.5 Å². The molecule has 1 fully saturated rings. The van der Waals surface area contributed by atoms with E-state index >= 15 is 0 Å². The molecule has 0 saturated carbocycles. The van der Waals surface area contributed by atoms with Crippen molar-refractivity contribution in [2.75, 3.05) is 36.1 Å². The van der Waals surface area contributed by atoms with E-state index in [2.05, 4.69) is 10.6 Å². The fourth-order valence-corrected chi connectivity index (χ4v) is 3.72. The van der Waals surface area contributed by atoms with Crippen LogP contribution < -0.4 is 10.6 Å². The van der Waals surface area contributed by atoms with Crippen molar-refractivity contribution in [3.8, 4) is 0 Å². The molecule has 0 aromatic heterocycles. The van der Waals surface area contributed by atoms with Gasteiger partial charge in [-0.15, -0.1) is 0 Å². The number of rotatable bonds is 2. The standard InChI is InChI=1S/C10H18N2O4S2/c13-9(14)7-5-17-3-4-18-6-8(10(15)16)12-2-1-11-7/h7-8,11-12H,1-6H2,(H,13,14)(H,15,16). The van der Waals surface area contributed by atoms with Crippen LogP contribution in [0.2, 0.25) is 0 Å². The van der Waals surface area contributed by atoms with E-state index in [1.54, 1.807) is 23.5 Å². The Morgan fingerprint density at radius 3 is 1.61 bits per heavy atom. The number of carboxylic acids is 2. The van der Waals surface area contributed by atoms with E-state index < -0.39 is 24.0 Å². The molecule has 0 aromatic rings. The minimum atomic E-state index is -0.859. The van der Waals surface area contributed by atoms with Crippen LogP contribution in [0.5, 0.6) is 0 Å². The SMILES string of the molecule is O=C(O)C1CSCCSCC(C(=O)O)NCCN1. The highest BCUT2D eigenvalue weighted by Gasteiger charge is 2.19. The molecule has 0 bridgehead atoms. The van der Waals surface area contributed by atoms with Gasteiger partial charge in [0, 0.05) is 36.1 Å². The van der Waals surface area contributed by atoms with Crippen LogP contribution in [0.1, 0.15) is 0 Å². The Balaban J connectivity index is 2.46. The summed E-state index contributed by atoms with van der Waals surface area (Å²) >= 11 is 3.16. The smallest absolute Gasteiger partial charge is 0.321 e. The highest BCUT2D eigenvalue weighted by molar-refractivity contribution is 8.03. The van der Waals surface area contributed by atoms with Gasteiger partial charge in [0.25, 0.3) is 0 Å². The van der Waals surface area contributed by atoms with Crippen molar-refractivity contribution in [3.05, 3.63) is 0 Å². The third-order valence-electron chi connectivity index (χ3n) is 2.44. The summed E-state index contributed by atoms with van der Waals surface area (Å²) < 4.78 is 0. The Kier molecular flexibility index (Phi) is 7.48. The first-order valence-electron chi connectivity index (χ1n) is 5.69. The summed E-state index contributed by atoms with van der Waals surface area (Å²) in [5, 5.41) is 23.8. The van der Waals surface area contributed by atoms with Crippen molar-refractivity contribution in [1.82, 2.24) is 10.6 Å². The van der Waals surface area contributed by atoms with E-state index in [0.29, 0.717) is 24.6 Å². The van der Waals surface area contributed by atoms with Crippen molar-refractivity contribution < 1.29 is 19.8 Å². The lowest BCUT2D eigenvalue weighted by atomic mass is 10.3. The molecule has 1 saturated heterocycles. The number of hydrogen-bond acceptors (Lipinski definition) is 6. The molecule has 18 heavy (non-hydrogen) atoms. The van der Waals surface area contributed by atoms with Crippen LogP contribution in [0.4, 0.5) is 0 Å². The number of thioether (sulfide) groups is 2. The highest BCUT2D eigenvalue weighted by atomic mass is 32.2. The average Bonchev–Trinajstić information content (AvgIpc) is 2.28. The highest BCUT2D eigenvalue weighted by Crippen LogP contribution is 2.10. The van der Waals surface area contributed by atoms with Crippen molar-refractivity contribution in [2.24, 2.45) is 0 Å². The van der Waals surface area contributed by atoms with Crippen LogP contribution >= 0.6 is 23.5 Å². The summed E-state index contributed by atoms with van der Waals surface area (Å²) in [6, 6.07) is -1.13. The van der Waals surface area contributed by atoms with Crippen LogP contribution in [0.3, 0.4) is 0 Å². The molecule has 8 heteroatoms.